The third kappa shape index (κ3) is 12.2. The minimum Gasteiger partial charge on any atom is -0.392 e. The summed E-state index contributed by atoms with van der Waals surface area (Å²) in [5.74, 6) is 0. The van der Waals surface area contributed by atoms with Crippen LogP contribution in [0, 0.1) is 0 Å². The van der Waals surface area contributed by atoms with E-state index in [1.165, 1.54) is 30.1 Å². The van der Waals surface area contributed by atoms with Crippen molar-refractivity contribution in [1.29, 1.82) is 0 Å². The summed E-state index contributed by atoms with van der Waals surface area (Å²) in [4.78, 5) is 0. The van der Waals surface area contributed by atoms with Gasteiger partial charge in [-0.1, -0.05) is 48.8 Å². The first-order valence-electron chi connectivity index (χ1n) is 8.74. The van der Waals surface area contributed by atoms with Crippen molar-refractivity contribution in [2.45, 2.75) is 58.5 Å². The van der Waals surface area contributed by atoms with Crippen molar-refractivity contribution in [3.8, 4) is 0 Å². The summed E-state index contributed by atoms with van der Waals surface area (Å²) in [5, 5.41) is 0. The molecule has 6 heteroatoms. The Bertz CT molecular complexity index is 220. The van der Waals surface area contributed by atoms with Gasteiger partial charge in [-0.25, -0.2) is 0 Å². The van der Waals surface area contributed by atoms with Gasteiger partial charge in [0.25, 0.3) is 0 Å². The molecule has 0 spiro atoms. The van der Waals surface area contributed by atoms with Crippen LogP contribution in [0.4, 0.5) is 0 Å². The van der Waals surface area contributed by atoms with Gasteiger partial charge in [-0.05, 0) is 36.8 Å². The molecular weight excluding hydrogens is 411 g/mol. The van der Waals surface area contributed by atoms with Crippen molar-refractivity contribution in [1.82, 2.24) is 0 Å². The van der Waals surface area contributed by atoms with E-state index in [1.54, 1.807) is 0 Å². The molecule has 4 nitrogen and oxygen atoms in total. The minimum absolute atomic E-state index is 0.655. The van der Waals surface area contributed by atoms with Gasteiger partial charge in [-0.15, -0.1) is 0 Å². The molecule has 0 saturated carbocycles. The molecule has 0 aliphatic heterocycles. The lowest BCUT2D eigenvalue weighted by atomic mass is 10.4. The SMILES string of the molecule is CCCC[Si](CCCCI)(OCCOCC)OCCOCC. The molecule has 0 N–H and O–H groups in total. The Morgan fingerprint density at radius 1 is 0.727 bits per heavy atom. The van der Waals surface area contributed by atoms with Crippen LogP contribution in [-0.2, 0) is 18.3 Å². The fraction of sp³-hybridized carbons (Fsp3) is 1.00. The van der Waals surface area contributed by atoms with Crippen molar-refractivity contribution < 1.29 is 18.3 Å². The van der Waals surface area contributed by atoms with E-state index in [0.29, 0.717) is 26.4 Å². The van der Waals surface area contributed by atoms with Crippen molar-refractivity contribution in [3.05, 3.63) is 0 Å². The van der Waals surface area contributed by atoms with E-state index in [9.17, 15) is 0 Å². The lowest BCUT2D eigenvalue weighted by molar-refractivity contribution is 0.0638. The molecule has 134 valence electrons. The van der Waals surface area contributed by atoms with Crippen LogP contribution in [0.15, 0.2) is 0 Å². The largest absolute Gasteiger partial charge is 0.392 e. The molecule has 0 aliphatic carbocycles. The maximum atomic E-state index is 6.29. The van der Waals surface area contributed by atoms with E-state index in [-0.39, 0.29) is 0 Å². The minimum atomic E-state index is -2.12. The highest BCUT2D eigenvalue weighted by atomic mass is 127. The van der Waals surface area contributed by atoms with E-state index in [0.717, 1.165) is 25.3 Å². The molecule has 0 heterocycles. The predicted molar refractivity (Wildman–Crippen MR) is 103 cm³/mol. The zero-order valence-corrected chi connectivity index (χ0v) is 17.9. The summed E-state index contributed by atoms with van der Waals surface area (Å²) < 4.78 is 24.6. The number of ether oxygens (including phenoxy) is 2. The van der Waals surface area contributed by atoms with Gasteiger partial charge in [0.15, 0.2) is 0 Å². The van der Waals surface area contributed by atoms with E-state index < -0.39 is 8.56 Å². The maximum absolute atomic E-state index is 6.29. The number of hydrogen-bond donors (Lipinski definition) is 0. The van der Waals surface area contributed by atoms with Crippen LogP contribution in [0.5, 0.6) is 0 Å². The normalized spacial score (nSPS) is 12.0. The smallest absolute Gasteiger partial charge is 0.338 e. The van der Waals surface area contributed by atoms with Crippen molar-refractivity contribution in [2.75, 3.05) is 44.1 Å². The Labute approximate surface area is 152 Å². The number of rotatable bonds is 17. The summed E-state index contributed by atoms with van der Waals surface area (Å²) in [6.07, 6.45) is 4.80. The zero-order valence-electron chi connectivity index (χ0n) is 14.7. The predicted octanol–water partition coefficient (Wildman–Crippen LogP) is 4.55. The highest BCUT2D eigenvalue weighted by Crippen LogP contribution is 2.25. The number of hydrogen-bond acceptors (Lipinski definition) is 4. The molecule has 0 amide bonds. The first kappa shape index (κ1) is 22.8. The highest BCUT2D eigenvalue weighted by Gasteiger charge is 2.36. The second-order valence-electron chi connectivity index (χ2n) is 5.25. The van der Waals surface area contributed by atoms with Gasteiger partial charge in [0.1, 0.15) is 0 Å². The van der Waals surface area contributed by atoms with Crippen LogP contribution in [0.1, 0.15) is 46.5 Å². The molecule has 0 atom stereocenters. The molecule has 22 heavy (non-hydrogen) atoms. The van der Waals surface area contributed by atoms with Gasteiger partial charge in [0.05, 0.1) is 26.4 Å². The van der Waals surface area contributed by atoms with Crippen LogP contribution >= 0.6 is 22.6 Å². The Hall–Kier alpha value is 0.787. The van der Waals surface area contributed by atoms with Crippen LogP contribution < -0.4 is 0 Å². The zero-order chi connectivity index (χ0) is 16.5. The molecule has 0 aliphatic rings. The highest BCUT2D eigenvalue weighted by molar-refractivity contribution is 14.1. The molecule has 0 saturated heterocycles. The molecule has 0 fully saturated rings. The maximum Gasteiger partial charge on any atom is 0.338 e. The first-order chi connectivity index (χ1) is 10.7. The molecule has 0 radical (unpaired) electrons. The van der Waals surface area contributed by atoms with E-state index in [1.807, 2.05) is 13.8 Å². The molecule has 0 rings (SSSR count). The average Bonchev–Trinajstić information content (AvgIpc) is 2.54. The van der Waals surface area contributed by atoms with Crippen LogP contribution in [0.2, 0.25) is 12.1 Å². The number of alkyl halides is 1. The van der Waals surface area contributed by atoms with Gasteiger partial charge in [0, 0.05) is 13.2 Å². The van der Waals surface area contributed by atoms with Crippen LogP contribution in [-0.4, -0.2) is 52.6 Å². The van der Waals surface area contributed by atoms with E-state index in [2.05, 4.69) is 29.5 Å². The molecule has 0 aromatic heterocycles. The molecule has 0 aromatic rings. The van der Waals surface area contributed by atoms with Gasteiger partial charge >= 0.3 is 8.56 Å². The summed E-state index contributed by atoms with van der Waals surface area (Å²) in [6.45, 7) is 10.4. The lowest BCUT2D eigenvalue weighted by Gasteiger charge is -2.31. The summed E-state index contributed by atoms with van der Waals surface area (Å²) in [5.41, 5.74) is 0. The van der Waals surface area contributed by atoms with Crippen molar-refractivity contribution in [3.63, 3.8) is 0 Å². The van der Waals surface area contributed by atoms with Crippen LogP contribution in [0.25, 0.3) is 0 Å². The molecule has 0 aromatic carbocycles. The molecule has 0 bridgehead atoms. The summed E-state index contributed by atoms with van der Waals surface area (Å²) in [7, 11) is -2.12. The number of unbranched alkanes of at least 4 members (excludes halogenated alkanes) is 2. The van der Waals surface area contributed by atoms with Gasteiger partial charge in [-0.3, -0.25) is 0 Å². The van der Waals surface area contributed by atoms with Crippen molar-refractivity contribution in [2.24, 2.45) is 0 Å². The van der Waals surface area contributed by atoms with Gasteiger partial charge in [-0.2, -0.15) is 0 Å². The Morgan fingerprint density at radius 2 is 1.27 bits per heavy atom. The fourth-order valence-electron chi connectivity index (χ4n) is 2.25. The Morgan fingerprint density at radius 3 is 1.73 bits per heavy atom. The second-order valence-corrected chi connectivity index (χ2v) is 9.73. The first-order valence-corrected chi connectivity index (χ1v) is 12.5. The van der Waals surface area contributed by atoms with E-state index >= 15 is 0 Å². The van der Waals surface area contributed by atoms with Crippen LogP contribution in [0.3, 0.4) is 0 Å². The monoisotopic (exact) mass is 446 g/mol. The quantitative estimate of drug-likeness (QED) is 0.142. The molecular formula is C16H35IO4Si. The Kier molecular flexibility index (Phi) is 17.2. The summed E-state index contributed by atoms with van der Waals surface area (Å²) >= 11 is 2.44. The fourth-order valence-corrected chi connectivity index (χ4v) is 6.29. The van der Waals surface area contributed by atoms with Gasteiger partial charge in [0.2, 0.25) is 0 Å². The lowest BCUT2D eigenvalue weighted by Crippen LogP contribution is -2.44. The molecule has 0 unspecified atom stereocenters. The second kappa shape index (κ2) is 16.6. The van der Waals surface area contributed by atoms with E-state index in [4.69, 9.17) is 18.3 Å². The summed E-state index contributed by atoms with van der Waals surface area (Å²) in [6, 6.07) is 2.18. The van der Waals surface area contributed by atoms with Crippen molar-refractivity contribution >= 4 is 31.2 Å². The average molecular weight is 446 g/mol. The van der Waals surface area contributed by atoms with Gasteiger partial charge < -0.3 is 18.3 Å². The Balaban J connectivity index is 4.49. The number of halogens is 1. The third-order valence-corrected chi connectivity index (χ3v) is 7.90. The third-order valence-electron chi connectivity index (χ3n) is 3.45. The standard InChI is InChI=1S/C16H35IO4Si/c1-4-7-15-22(16-9-8-10-17,20-13-11-18-5-2)21-14-12-19-6-3/h4-16H2,1-3H3. The topological polar surface area (TPSA) is 36.9 Å².